The van der Waals surface area contributed by atoms with Crippen molar-refractivity contribution in [2.24, 2.45) is 4.99 Å². The van der Waals surface area contributed by atoms with Crippen LogP contribution in [-0.2, 0) is 13.0 Å². The minimum Gasteiger partial charge on any atom is -0.356 e. The average molecular weight is 337 g/mol. The van der Waals surface area contributed by atoms with Crippen molar-refractivity contribution in [1.82, 2.24) is 15.6 Å². The zero-order chi connectivity index (χ0) is 15.8. The van der Waals surface area contributed by atoms with E-state index in [1.165, 1.54) is 0 Å². The normalized spacial score (nSPS) is 11.3. The summed E-state index contributed by atoms with van der Waals surface area (Å²) in [5, 5.41) is 7.78. The van der Waals surface area contributed by atoms with Gasteiger partial charge in [-0.25, -0.2) is 4.98 Å². The number of guanidine groups is 1. The molecular weight excluding hydrogens is 319 g/mol. The van der Waals surface area contributed by atoms with E-state index in [4.69, 9.17) is 23.2 Å². The molecule has 1 heterocycles. The van der Waals surface area contributed by atoms with E-state index in [9.17, 15) is 0 Å². The molecule has 0 aliphatic carbocycles. The summed E-state index contributed by atoms with van der Waals surface area (Å²) >= 11 is 11.6. The fraction of sp³-hybridized carbons (Fsp3) is 0.250. The van der Waals surface area contributed by atoms with E-state index in [-0.39, 0.29) is 0 Å². The van der Waals surface area contributed by atoms with Gasteiger partial charge in [-0.15, -0.1) is 0 Å². The lowest BCUT2D eigenvalue weighted by atomic mass is 10.2. The number of pyridine rings is 1. The number of aromatic nitrogens is 1. The Kier molecular flexibility index (Phi) is 6.49. The van der Waals surface area contributed by atoms with E-state index in [2.05, 4.69) is 20.6 Å². The highest BCUT2D eigenvalue weighted by Crippen LogP contribution is 2.09. The molecule has 0 aliphatic heterocycles. The van der Waals surface area contributed by atoms with Crippen LogP contribution in [0.3, 0.4) is 0 Å². The van der Waals surface area contributed by atoms with Crippen molar-refractivity contribution in [2.75, 3.05) is 13.6 Å². The molecule has 0 saturated heterocycles. The Morgan fingerprint density at radius 2 is 1.77 bits per heavy atom. The minimum atomic E-state index is 0.511. The second-order valence-corrected chi connectivity index (χ2v) is 5.54. The topological polar surface area (TPSA) is 49.3 Å². The summed E-state index contributed by atoms with van der Waals surface area (Å²) in [6.07, 6.45) is 2.64. The quantitative estimate of drug-likeness (QED) is 0.500. The molecule has 0 amide bonds. The maximum atomic E-state index is 5.87. The molecule has 0 unspecified atom stereocenters. The molecule has 0 aliphatic rings. The third-order valence-electron chi connectivity index (χ3n) is 3.09. The maximum absolute atomic E-state index is 5.87. The molecule has 0 saturated carbocycles. The number of benzene rings is 1. The van der Waals surface area contributed by atoms with Crippen molar-refractivity contribution in [3.8, 4) is 0 Å². The second-order valence-electron chi connectivity index (χ2n) is 4.72. The van der Waals surface area contributed by atoms with Crippen molar-refractivity contribution in [1.29, 1.82) is 0 Å². The van der Waals surface area contributed by atoms with Gasteiger partial charge in [-0.3, -0.25) is 4.99 Å². The van der Waals surface area contributed by atoms with Gasteiger partial charge in [0.25, 0.3) is 0 Å². The zero-order valence-electron chi connectivity index (χ0n) is 12.3. The lowest BCUT2D eigenvalue weighted by molar-refractivity contribution is 0.793. The summed E-state index contributed by atoms with van der Waals surface area (Å²) in [5.74, 6) is 0.761. The fourth-order valence-corrected chi connectivity index (χ4v) is 2.13. The molecule has 2 N–H and O–H groups in total. The van der Waals surface area contributed by atoms with Gasteiger partial charge in [-0.2, -0.15) is 0 Å². The summed E-state index contributed by atoms with van der Waals surface area (Å²) in [6.45, 7) is 1.46. The number of rotatable bonds is 5. The van der Waals surface area contributed by atoms with Crippen molar-refractivity contribution in [2.45, 2.75) is 13.0 Å². The minimum absolute atomic E-state index is 0.511. The standard InChI is InChI=1S/C16H18Cl2N4/c1-19-16(22-11-12-2-5-14(17)6-3-12)20-9-8-13-4-7-15(18)21-10-13/h2-7,10H,8-9,11H2,1H3,(H2,19,20,22). The molecule has 116 valence electrons. The summed E-state index contributed by atoms with van der Waals surface area (Å²) < 4.78 is 0. The molecule has 1 aromatic carbocycles. The first-order valence-corrected chi connectivity index (χ1v) is 7.72. The van der Waals surface area contributed by atoms with E-state index in [0.717, 1.165) is 35.1 Å². The molecule has 2 rings (SSSR count). The molecule has 0 fully saturated rings. The summed E-state index contributed by atoms with van der Waals surface area (Å²) in [6, 6.07) is 11.5. The average Bonchev–Trinajstić information content (AvgIpc) is 2.54. The Labute approximate surface area is 140 Å². The Bertz CT molecular complexity index is 609. The lowest BCUT2D eigenvalue weighted by Gasteiger charge is -2.12. The van der Waals surface area contributed by atoms with Crippen LogP contribution in [0.4, 0.5) is 0 Å². The fourth-order valence-electron chi connectivity index (χ4n) is 1.89. The highest BCUT2D eigenvalue weighted by atomic mass is 35.5. The van der Waals surface area contributed by atoms with Gasteiger partial charge in [0.1, 0.15) is 5.15 Å². The highest BCUT2D eigenvalue weighted by Gasteiger charge is 1.99. The molecule has 4 nitrogen and oxygen atoms in total. The Hall–Kier alpha value is -1.78. The van der Waals surface area contributed by atoms with Gasteiger partial charge in [0.2, 0.25) is 0 Å². The van der Waals surface area contributed by atoms with Crippen molar-refractivity contribution < 1.29 is 0 Å². The SMILES string of the molecule is CN=C(NCCc1ccc(Cl)nc1)NCc1ccc(Cl)cc1. The van der Waals surface area contributed by atoms with Crippen LogP contribution in [0.2, 0.25) is 10.2 Å². The van der Waals surface area contributed by atoms with E-state index in [1.54, 1.807) is 19.3 Å². The van der Waals surface area contributed by atoms with Crippen molar-refractivity contribution in [3.05, 3.63) is 63.9 Å². The summed E-state index contributed by atoms with van der Waals surface area (Å²) in [7, 11) is 1.75. The Morgan fingerprint density at radius 1 is 1.05 bits per heavy atom. The molecule has 6 heteroatoms. The first-order valence-electron chi connectivity index (χ1n) is 6.97. The van der Waals surface area contributed by atoms with Crippen molar-refractivity contribution >= 4 is 29.2 Å². The summed E-state index contributed by atoms with van der Waals surface area (Å²) in [5.41, 5.74) is 2.28. The lowest BCUT2D eigenvalue weighted by Crippen LogP contribution is -2.37. The second kappa shape index (κ2) is 8.61. The van der Waals surface area contributed by atoms with Gasteiger partial charge < -0.3 is 10.6 Å². The van der Waals surface area contributed by atoms with Gasteiger partial charge in [0.05, 0.1) is 0 Å². The van der Waals surface area contributed by atoms with E-state index in [1.807, 2.05) is 30.3 Å². The van der Waals surface area contributed by atoms with Crippen molar-refractivity contribution in [3.63, 3.8) is 0 Å². The number of halogens is 2. The molecule has 2 aromatic rings. The van der Waals surface area contributed by atoms with Crippen LogP contribution in [0, 0.1) is 0 Å². The molecule has 0 atom stereocenters. The van der Waals surface area contributed by atoms with Gasteiger partial charge in [0, 0.05) is 31.4 Å². The van der Waals surface area contributed by atoms with Gasteiger partial charge in [-0.1, -0.05) is 41.4 Å². The molecule has 0 bridgehead atoms. The van der Waals surface area contributed by atoms with Crippen LogP contribution in [0.1, 0.15) is 11.1 Å². The first-order chi connectivity index (χ1) is 10.7. The van der Waals surface area contributed by atoms with Crippen LogP contribution in [0.5, 0.6) is 0 Å². The van der Waals surface area contributed by atoms with Crippen LogP contribution in [0.15, 0.2) is 47.6 Å². The zero-order valence-corrected chi connectivity index (χ0v) is 13.8. The largest absolute Gasteiger partial charge is 0.356 e. The molecule has 0 spiro atoms. The molecule has 22 heavy (non-hydrogen) atoms. The molecule has 0 radical (unpaired) electrons. The number of aliphatic imine (C=N–C) groups is 1. The van der Waals surface area contributed by atoms with Gasteiger partial charge >= 0.3 is 0 Å². The van der Waals surface area contributed by atoms with Crippen LogP contribution >= 0.6 is 23.2 Å². The monoisotopic (exact) mass is 336 g/mol. The third-order valence-corrected chi connectivity index (χ3v) is 3.57. The predicted molar refractivity (Wildman–Crippen MR) is 92.6 cm³/mol. The van der Waals surface area contributed by atoms with Gasteiger partial charge in [-0.05, 0) is 35.7 Å². The number of hydrogen-bond donors (Lipinski definition) is 2. The number of nitrogens with one attached hydrogen (secondary N) is 2. The highest BCUT2D eigenvalue weighted by molar-refractivity contribution is 6.30. The van der Waals surface area contributed by atoms with E-state index < -0.39 is 0 Å². The number of hydrogen-bond acceptors (Lipinski definition) is 2. The number of nitrogens with zero attached hydrogens (tertiary/aromatic N) is 2. The first kappa shape index (κ1) is 16.6. The predicted octanol–water partition coefficient (Wildman–Crippen LogP) is 3.30. The Morgan fingerprint density at radius 3 is 2.41 bits per heavy atom. The maximum Gasteiger partial charge on any atom is 0.191 e. The van der Waals surface area contributed by atoms with Gasteiger partial charge in [0.15, 0.2) is 5.96 Å². The van der Waals surface area contributed by atoms with Crippen LogP contribution < -0.4 is 10.6 Å². The van der Waals surface area contributed by atoms with Crippen LogP contribution in [-0.4, -0.2) is 24.5 Å². The molecular formula is C16H18Cl2N4. The third kappa shape index (κ3) is 5.54. The molecule has 1 aromatic heterocycles. The summed E-state index contributed by atoms with van der Waals surface area (Å²) in [4.78, 5) is 8.26. The van der Waals surface area contributed by atoms with Crippen LogP contribution in [0.25, 0.3) is 0 Å². The van der Waals surface area contributed by atoms with E-state index in [0.29, 0.717) is 11.7 Å². The van der Waals surface area contributed by atoms with E-state index >= 15 is 0 Å². The Balaban J connectivity index is 1.75. The smallest absolute Gasteiger partial charge is 0.191 e.